The molecule has 1 aliphatic heterocycles. The lowest BCUT2D eigenvalue weighted by Crippen LogP contribution is -2.41. The molecule has 0 aliphatic carbocycles. The van der Waals surface area contributed by atoms with E-state index in [0.29, 0.717) is 25.7 Å². The first-order valence-electron chi connectivity index (χ1n) is 13.4. The molecule has 0 saturated carbocycles. The molecule has 1 amide bonds. The van der Waals surface area contributed by atoms with Gasteiger partial charge in [0.25, 0.3) is 0 Å². The number of hydrogen-bond acceptors (Lipinski definition) is 4. The second kappa shape index (κ2) is 11.8. The highest BCUT2D eigenvalue weighted by atomic mass is 16.6. The van der Waals surface area contributed by atoms with Crippen molar-refractivity contribution >= 4 is 17.0 Å². The number of likely N-dealkylation sites (tertiary alicyclic amines) is 1. The summed E-state index contributed by atoms with van der Waals surface area (Å²) in [6.07, 6.45) is 2.68. The highest BCUT2D eigenvalue weighted by molar-refractivity contribution is 5.85. The number of nitriles is 1. The molecule has 6 heteroatoms. The number of H-pyrrole nitrogens is 1. The van der Waals surface area contributed by atoms with Crippen LogP contribution in [0.1, 0.15) is 69.8 Å². The summed E-state index contributed by atoms with van der Waals surface area (Å²) in [7, 11) is 0. The number of hydrogen-bond donors (Lipinski definition) is 1. The van der Waals surface area contributed by atoms with E-state index in [1.165, 1.54) is 0 Å². The summed E-state index contributed by atoms with van der Waals surface area (Å²) in [5.41, 5.74) is 3.46. The first-order chi connectivity index (χ1) is 17.8. The van der Waals surface area contributed by atoms with Crippen molar-refractivity contribution in [2.24, 2.45) is 11.8 Å². The first-order valence-corrected chi connectivity index (χ1v) is 13.4. The number of carbonyl (C=O) groups excluding carboxylic acids is 1. The summed E-state index contributed by atoms with van der Waals surface area (Å²) in [6.45, 7) is 9.70. The van der Waals surface area contributed by atoms with Crippen LogP contribution in [0, 0.1) is 23.2 Å². The minimum absolute atomic E-state index is 0.229. The number of aromatic nitrogens is 1. The molecule has 1 saturated heterocycles. The van der Waals surface area contributed by atoms with Crippen LogP contribution in [-0.4, -0.2) is 34.7 Å². The molecule has 0 spiro atoms. The summed E-state index contributed by atoms with van der Waals surface area (Å²) in [6, 6.07) is 20.4. The molecule has 1 unspecified atom stereocenters. The third-order valence-electron chi connectivity index (χ3n) is 7.16. The van der Waals surface area contributed by atoms with Gasteiger partial charge in [-0.05, 0) is 62.6 Å². The maximum atomic E-state index is 13.6. The number of nitrogens with zero attached hydrogens (tertiary/aromatic N) is 2. The quantitative estimate of drug-likeness (QED) is 0.372. The van der Waals surface area contributed by atoms with Crippen molar-refractivity contribution in [3.63, 3.8) is 0 Å². The topological polar surface area (TPSA) is 78.4 Å². The average molecular weight is 502 g/mol. The Morgan fingerprint density at radius 1 is 1.08 bits per heavy atom. The van der Waals surface area contributed by atoms with Crippen molar-refractivity contribution in [1.29, 1.82) is 5.26 Å². The highest BCUT2D eigenvalue weighted by Gasteiger charge is 2.38. The van der Waals surface area contributed by atoms with Gasteiger partial charge < -0.3 is 14.5 Å². The first kappa shape index (κ1) is 26.8. The molecule has 4 rings (SSSR count). The van der Waals surface area contributed by atoms with Crippen molar-refractivity contribution in [1.82, 2.24) is 9.88 Å². The maximum Gasteiger partial charge on any atom is 0.410 e. The Balaban J connectivity index is 1.68. The predicted molar refractivity (Wildman–Crippen MR) is 146 cm³/mol. The van der Waals surface area contributed by atoms with E-state index >= 15 is 0 Å². The fourth-order valence-corrected chi connectivity index (χ4v) is 5.41. The molecule has 3 aromatic rings. The van der Waals surface area contributed by atoms with E-state index in [1.807, 2.05) is 68.1 Å². The molecular formula is C31H39N3O3. The number of amides is 1. The Labute approximate surface area is 220 Å². The fourth-order valence-electron chi connectivity index (χ4n) is 5.41. The lowest BCUT2D eigenvalue weighted by atomic mass is 9.90. The maximum absolute atomic E-state index is 13.6. The zero-order valence-electron chi connectivity index (χ0n) is 22.5. The SMILES string of the molecule is CC[C@@H]1C[C@@H](COCc2ccccc2)CC(c2[nH]c3ccccc3c2CC#N)N(C(=O)OC(C)(C)C)C1. The lowest BCUT2D eigenvalue weighted by Gasteiger charge is -2.34. The van der Waals surface area contributed by atoms with Gasteiger partial charge in [0.05, 0.1) is 25.1 Å². The van der Waals surface area contributed by atoms with E-state index in [4.69, 9.17) is 9.47 Å². The Kier molecular flexibility index (Phi) is 8.56. The third-order valence-corrected chi connectivity index (χ3v) is 7.16. The van der Waals surface area contributed by atoms with Gasteiger partial charge in [-0.25, -0.2) is 4.79 Å². The zero-order valence-corrected chi connectivity index (χ0v) is 22.5. The second-order valence-electron chi connectivity index (χ2n) is 11.2. The summed E-state index contributed by atoms with van der Waals surface area (Å²) >= 11 is 0. The van der Waals surface area contributed by atoms with Crippen molar-refractivity contribution in [3.05, 3.63) is 71.4 Å². The van der Waals surface area contributed by atoms with E-state index in [2.05, 4.69) is 30.1 Å². The monoisotopic (exact) mass is 501 g/mol. The Bertz CT molecular complexity index is 1220. The normalized spacial score (nSPS) is 20.4. The van der Waals surface area contributed by atoms with E-state index in [1.54, 1.807) is 0 Å². The molecule has 0 radical (unpaired) electrons. The number of aromatic amines is 1. The average Bonchev–Trinajstić information content (AvgIpc) is 3.11. The molecule has 1 N–H and O–H groups in total. The van der Waals surface area contributed by atoms with E-state index < -0.39 is 5.60 Å². The number of carbonyl (C=O) groups is 1. The smallest absolute Gasteiger partial charge is 0.410 e. The fraction of sp³-hybridized carbons (Fsp3) is 0.484. The van der Waals surface area contributed by atoms with Gasteiger partial charge in [0.2, 0.25) is 0 Å². The van der Waals surface area contributed by atoms with Crippen LogP contribution in [0.2, 0.25) is 0 Å². The van der Waals surface area contributed by atoms with Gasteiger partial charge in [-0.3, -0.25) is 4.90 Å². The minimum Gasteiger partial charge on any atom is -0.444 e. The molecule has 0 bridgehead atoms. The van der Waals surface area contributed by atoms with Crippen LogP contribution in [0.25, 0.3) is 10.9 Å². The molecular weight excluding hydrogens is 462 g/mol. The summed E-state index contributed by atoms with van der Waals surface area (Å²) < 4.78 is 12.1. The zero-order chi connectivity index (χ0) is 26.4. The van der Waals surface area contributed by atoms with Gasteiger partial charge in [-0.1, -0.05) is 61.9 Å². The molecule has 196 valence electrons. The highest BCUT2D eigenvalue weighted by Crippen LogP contribution is 2.40. The van der Waals surface area contributed by atoms with Gasteiger partial charge in [0.1, 0.15) is 5.60 Å². The van der Waals surface area contributed by atoms with Gasteiger partial charge in [0, 0.05) is 29.7 Å². The lowest BCUT2D eigenvalue weighted by molar-refractivity contribution is 0.0119. The number of para-hydroxylation sites is 1. The third kappa shape index (κ3) is 6.72. The van der Waals surface area contributed by atoms with Gasteiger partial charge in [-0.15, -0.1) is 0 Å². The van der Waals surface area contributed by atoms with Gasteiger partial charge >= 0.3 is 6.09 Å². The Morgan fingerprint density at radius 3 is 2.51 bits per heavy atom. The summed E-state index contributed by atoms with van der Waals surface area (Å²) in [4.78, 5) is 19.1. The van der Waals surface area contributed by atoms with Crippen LogP contribution >= 0.6 is 0 Å². The van der Waals surface area contributed by atoms with Crippen LogP contribution in [0.3, 0.4) is 0 Å². The van der Waals surface area contributed by atoms with Crippen molar-refractivity contribution in [2.45, 2.75) is 71.6 Å². The van der Waals surface area contributed by atoms with E-state index in [9.17, 15) is 10.1 Å². The van der Waals surface area contributed by atoms with E-state index in [0.717, 1.165) is 47.0 Å². The largest absolute Gasteiger partial charge is 0.444 e. The Morgan fingerprint density at radius 2 is 1.81 bits per heavy atom. The number of benzene rings is 2. The van der Waals surface area contributed by atoms with Gasteiger partial charge in [-0.2, -0.15) is 5.26 Å². The molecule has 2 aromatic carbocycles. The number of ether oxygens (including phenoxy) is 2. The molecule has 1 aliphatic rings. The summed E-state index contributed by atoms with van der Waals surface area (Å²) in [5.74, 6) is 0.610. The van der Waals surface area contributed by atoms with E-state index in [-0.39, 0.29) is 24.5 Å². The van der Waals surface area contributed by atoms with Crippen LogP contribution in [0.4, 0.5) is 4.79 Å². The summed E-state index contributed by atoms with van der Waals surface area (Å²) in [5, 5.41) is 10.7. The van der Waals surface area contributed by atoms with Crippen LogP contribution in [-0.2, 0) is 22.5 Å². The molecule has 37 heavy (non-hydrogen) atoms. The predicted octanol–water partition coefficient (Wildman–Crippen LogP) is 7.17. The van der Waals surface area contributed by atoms with Crippen LogP contribution < -0.4 is 0 Å². The number of rotatable bonds is 7. The number of fused-ring (bicyclic) bond motifs is 1. The molecule has 3 atom stereocenters. The molecule has 6 nitrogen and oxygen atoms in total. The molecule has 1 fully saturated rings. The van der Waals surface area contributed by atoms with Crippen molar-refractivity contribution in [2.75, 3.05) is 13.2 Å². The minimum atomic E-state index is -0.593. The van der Waals surface area contributed by atoms with Crippen LogP contribution in [0.15, 0.2) is 54.6 Å². The van der Waals surface area contributed by atoms with Gasteiger partial charge in [0.15, 0.2) is 0 Å². The van der Waals surface area contributed by atoms with Crippen molar-refractivity contribution < 1.29 is 14.3 Å². The molecule has 1 aromatic heterocycles. The second-order valence-corrected chi connectivity index (χ2v) is 11.2. The number of nitrogens with one attached hydrogen (secondary N) is 1. The molecule has 2 heterocycles. The van der Waals surface area contributed by atoms with Crippen LogP contribution in [0.5, 0.6) is 0 Å². The standard InChI is InChI=1S/C31H39N3O3/c1-5-22-17-24(21-36-20-23-11-7-6-8-12-23)18-28(34(19-22)30(35)37-31(2,3)4)29-26(15-16-32)25-13-9-10-14-27(25)33-29/h6-14,22,24,28,33H,5,15,17-21H2,1-4H3/t22-,24-,28?/m1/s1. The van der Waals surface area contributed by atoms with Crippen molar-refractivity contribution in [3.8, 4) is 6.07 Å². The Hall–Kier alpha value is -3.30.